The van der Waals surface area contributed by atoms with Crippen molar-refractivity contribution in [2.45, 2.75) is 38.5 Å². The molecule has 0 heterocycles. The molecule has 1 rings (SSSR count). The van der Waals surface area contributed by atoms with Crippen molar-refractivity contribution in [3.05, 3.63) is 0 Å². The molecule has 1 saturated carbocycles. The molecule has 0 saturated heterocycles. The molecule has 0 amide bonds. The van der Waals surface area contributed by atoms with Crippen LogP contribution in [0.25, 0.3) is 0 Å². The Bertz CT molecular complexity index is 238. The van der Waals surface area contributed by atoms with E-state index in [0.29, 0.717) is 5.92 Å². The van der Waals surface area contributed by atoms with E-state index in [1.54, 1.807) is 12.5 Å². The van der Waals surface area contributed by atoms with Gasteiger partial charge in [0.15, 0.2) is 0 Å². The highest BCUT2D eigenvalue weighted by molar-refractivity contribution is 7.92. The second-order valence-electron chi connectivity index (χ2n) is 4.35. The molecule has 1 aliphatic rings. The number of hydrogen-bond donors (Lipinski definition) is 0. The molecule has 0 spiro atoms. The van der Waals surface area contributed by atoms with E-state index in [4.69, 9.17) is 0 Å². The maximum Gasteiger partial charge on any atom is 0.0512 e. The van der Waals surface area contributed by atoms with Crippen LogP contribution in [0.4, 0.5) is 0 Å². The summed E-state index contributed by atoms with van der Waals surface area (Å²) in [5, 5.41) is 0. The largest absolute Gasteiger partial charge is 0.250 e. The zero-order valence-electron chi connectivity index (χ0n) is 8.79. The third kappa shape index (κ3) is 5.29. The van der Waals surface area contributed by atoms with Gasteiger partial charge in [-0.1, -0.05) is 25.7 Å². The summed E-state index contributed by atoms with van der Waals surface area (Å²) in [4.78, 5) is 0. The molecule has 13 heavy (non-hydrogen) atoms. The highest BCUT2D eigenvalue weighted by Gasteiger charge is 2.11. The highest BCUT2D eigenvalue weighted by Crippen LogP contribution is 2.23. The van der Waals surface area contributed by atoms with Gasteiger partial charge >= 0.3 is 0 Å². The van der Waals surface area contributed by atoms with Crippen LogP contribution in [-0.2, 0) is 9.73 Å². The topological polar surface area (TPSA) is 29.4 Å². The van der Waals surface area contributed by atoms with Gasteiger partial charge in [-0.15, -0.1) is 0 Å². The Labute approximate surface area is 82.3 Å². The summed E-state index contributed by atoms with van der Waals surface area (Å²) >= 11 is 0. The maximum absolute atomic E-state index is 11.3. The van der Waals surface area contributed by atoms with Gasteiger partial charge in [-0.25, -0.2) is 4.36 Å². The zero-order valence-corrected chi connectivity index (χ0v) is 9.61. The molecule has 0 atom stereocenters. The predicted molar refractivity (Wildman–Crippen MR) is 58.5 cm³/mol. The minimum absolute atomic E-state index is 0.711. The Kier molecular flexibility index (Phi) is 4.23. The van der Waals surface area contributed by atoms with E-state index < -0.39 is 9.73 Å². The molecular formula is C10H21NOS. The quantitative estimate of drug-likeness (QED) is 0.634. The fourth-order valence-corrected chi connectivity index (χ4v) is 2.40. The first-order chi connectivity index (χ1) is 6.08. The summed E-state index contributed by atoms with van der Waals surface area (Å²) in [6, 6.07) is 0. The molecule has 0 aromatic carbocycles. The second kappa shape index (κ2) is 4.99. The molecule has 0 unspecified atom stereocenters. The van der Waals surface area contributed by atoms with E-state index in [1.807, 2.05) is 0 Å². The van der Waals surface area contributed by atoms with Crippen LogP contribution in [0.15, 0.2) is 4.36 Å². The van der Waals surface area contributed by atoms with Crippen LogP contribution in [-0.4, -0.2) is 23.3 Å². The Morgan fingerprint density at radius 2 is 1.69 bits per heavy atom. The molecule has 1 aliphatic carbocycles. The lowest BCUT2D eigenvalue weighted by Gasteiger charge is -2.10. The molecular weight excluding hydrogens is 182 g/mol. The van der Waals surface area contributed by atoms with Crippen molar-refractivity contribution in [1.29, 1.82) is 0 Å². The molecule has 0 aliphatic heterocycles. The fourth-order valence-electron chi connectivity index (χ4n) is 1.83. The van der Waals surface area contributed by atoms with E-state index in [1.165, 1.54) is 38.5 Å². The first-order valence-corrected chi connectivity index (χ1v) is 7.54. The highest BCUT2D eigenvalue weighted by atomic mass is 32.2. The fraction of sp³-hybridized carbons (Fsp3) is 1.00. The summed E-state index contributed by atoms with van der Waals surface area (Å²) < 4.78 is 15.6. The predicted octanol–water partition coefficient (Wildman–Crippen LogP) is 2.68. The van der Waals surface area contributed by atoms with Crippen LogP contribution >= 0.6 is 0 Å². The minimum Gasteiger partial charge on any atom is -0.250 e. The molecule has 0 bridgehead atoms. The van der Waals surface area contributed by atoms with E-state index in [9.17, 15) is 4.21 Å². The first kappa shape index (κ1) is 11.0. The van der Waals surface area contributed by atoms with Crippen LogP contribution in [0.3, 0.4) is 0 Å². The summed E-state index contributed by atoms with van der Waals surface area (Å²) in [6.07, 6.45) is 11.5. The Balaban J connectivity index is 2.39. The van der Waals surface area contributed by atoms with Gasteiger partial charge in [0.05, 0.1) is 6.54 Å². The van der Waals surface area contributed by atoms with Crippen LogP contribution in [0.1, 0.15) is 38.5 Å². The molecule has 2 nitrogen and oxygen atoms in total. The van der Waals surface area contributed by atoms with E-state index in [0.717, 1.165) is 6.54 Å². The molecule has 0 aromatic heterocycles. The normalized spacial score (nSPS) is 21.1. The van der Waals surface area contributed by atoms with Crippen LogP contribution in [0, 0.1) is 5.92 Å². The third-order valence-electron chi connectivity index (χ3n) is 2.62. The van der Waals surface area contributed by atoms with E-state index in [-0.39, 0.29) is 0 Å². The van der Waals surface area contributed by atoms with Gasteiger partial charge in [-0.3, -0.25) is 4.21 Å². The smallest absolute Gasteiger partial charge is 0.0512 e. The van der Waals surface area contributed by atoms with Crippen molar-refractivity contribution in [2.75, 3.05) is 19.1 Å². The Morgan fingerprint density at radius 3 is 2.15 bits per heavy atom. The van der Waals surface area contributed by atoms with Crippen molar-refractivity contribution < 1.29 is 4.21 Å². The summed E-state index contributed by atoms with van der Waals surface area (Å²) in [7, 11) is -1.86. The van der Waals surface area contributed by atoms with Gasteiger partial charge in [-0.05, 0) is 18.8 Å². The number of nitrogens with zero attached hydrogens (tertiary/aromatic N) is 1. The lowest BCUT2D eigenvalue weighted by molar-refractivity contribution is 0.473. The third-order valence-corrected chi connectivity index (χ3v) is 3.39. The maximum atomic E-state index is 11.3. The number of hydrogen-bond acceptors (Lipinski definition) is 2. The van der Waals surface area contributed by atoms with Crippen LogP contribution in [0.2, 0.25) is 0 Å². The second-order valence-corrected chi connectivity index (χ2v) is 6.97. The lowest BCUT2D eigenvalue weighted by Crippen LogP contribution is -2.05. The minimum atomic E-state index is -1.86. The van der Waals surface area contributed by atoms with Gasteiger partial charge in [0, 0.05) is 22.2 Å². The Hall–Kier alpha value is -0.0500. The van der Waals surface area contributed by atoms with Crippen molar-refractivity contribution >= 4 is 9.73 Å². The van der Waals surface area contributed by atoms with Gasteiger partial charge in [-0.2, -0.15) is 0 Å². The molecule has 1 fully saturated rings. The van der Waals surface area contributed by atoms with Crippen molar-refractivity contribution in [2.24, 2.45) is 10.3 Å². The van der Waals surface area contributed by atoms with E-state index >= 15 is 0 Å². The molecule has 0 N–H and O–H groups in total. The van der Waals surface area contributed by atoms with Crippen LogP contribution < -0.4 is 0 Å². The lowest BCUT2D eigenvalue weighted by atomic mass is 10.0. The standard InChI is InChI=1S/C10H21NOS/c1-13(2,12)11-9-10-7-5-3-4-6-8-10/h10H,3-9H2,1-2H3. The summed E-state index contributed by atoms with van der Waals surface area (Å²) in [6.45, 7) is 0.825. The molecule has 0 radical (unpaired) electrons. The van der Waals surface area contributed by atoms with E-state index in [2.05, 4.69) is 4.36 Å². The van der Waals surface area contributed by atoms with Crippen molar-refractivity contribution in [3.8, 4) is 0 Å². The monoisotopic (exact) mass is 203 g/mol. The number of rotatable bonds is 2. The van der Waals surface area contributed by atoms with Crippen LogP contribution in [0.5, 0.6) is 0 Å². The van der Waals surface area contributed by atoms with Gasteiger partial charge in [0.25, 0.3) is 0 Å². The average molecular weight is 203 g/mol. The Morgan fingerprint density at radius 1 is 1.15 bits per heavy atom. The zero-order chi connectivity index (χ0) is 9.73. The van der Waals surface area contributed by atoms with Gasteiger partial charge in [0.1, 0.15) is 0 Å². The average Bonchev–Trinajstić information content (AvgIpc) is 2.26. The molecule has 78 valence electrons. The molecule has 3 heteroatoms. The van der Waals surface area contributed by atoms with Gasteiger partial charge in [0.2, 0.25) is 0 Å². The summed E-state index contributed by atoms with van der Waals surface area (Å²) in [5.74, 6) is 0.711. The SMILES string of the molecule is CS(C)(=O)=NCC1CCCCCC1. The van der Waals surface area contributed by atoms with Gasteiger partial charge < -0.3 is 0 Å². The summed E-state index contributed by atoms with van der Waals surface area (Å²) in [5.41, 5.74) is 0. The first-order valence-electron chi connectivity index (χ1n) is 5.21. The molecule has 0 aromatic rings. The van der Waals surface area contributed by atoms with Crippen molar-refractivity contribution in [1.82, 2.24) is 0 Å². The van der Waals surface area contributed by atoms with Crippen molar-refractivity contribution in [3.63, 3.8) is 0 Å².